The van der Waals surface area contributed by atoms with Crippen LogP contribution >= 0.6 is 27.7 Å². The van der Waals surface area contributed by atoms with E-state index in [0.717, 1.165) is 9.79 Å². The van der Waals surface area contributed by atoms with Crippen molar-refractivity contribution in [3.63, 3.8) is 0 Å². The molecular formula is C15H14BrN3OS. The number of nitrogen functional groups attached to an aromatic ring is 1. The van der Waals surface area contributed by atoms with Crippen LogP contribution in [-0.2, 0) is 0 Å². The molecule has 2 rings (SSSR count). The highest BCUT2D eigenvalue weighted by Crippen LogP contribution is 2.32. The molecule has 0 aliphatic rings. The van der Waals surface area contributed by atoms with Crippen LogP contribution in [0.4, 0.5) is 5.69 Å². The lowest BCUT2D eigenvalue weighted by molar-refractivity contribution is 0.0960. The van der Waals surface area contributed by atoms with E-state index in [0.29, 0.717) is 16.8 Å². The SMILES string of the molecule is CNC(=O)c1ccccc1Sc1ccc(C(=N)Br)c(N)c1. The van der Waals surface area contributed by atoms with Crippen molar-refractivity contribution >= 4 is 43.9 Å². The van der Waals surface area contributed by atoms with Crippen LogP contribution < -0.4 is 11.1 Å². The van der Waals surface area contributed by atoms with Crippen LogP contribution in [0.3, 0.4) is 0 Å². The molecule has 2 aromatic rings. The molecule has 108 valence electrons. The zero-order valence-electron chi connectivity index (χ0n) is 11.3. The maximum absolute atomic E-state index is 11.9. The smallest absolute Gasteiger partial charge is 0.252 e. The largest absolute Gasteiger partial charge is 0.398 e. The van der Waals surface area contributed by atoms with Gasteiger partial charge in [-0.1, -0.05) is 23.9 Å². The van der Waals surface area contributed by atoms with Crippen LogP contribution in [0.15, 0.2) is 52.3 Å². The number of nitrogens with one attached hydrogen (secondary N) is 2. The molecular weight excluding hydrogens is 350 g/mol. The van der Waals surface area contributed by atoms with Crippen molar-refractivity contribution in [2.24, 2.45) is 0 Å². The highest BCUT2D eigenvalue weighted by atomic mass is 79.9. The fraction of sp³-hybridized carbons (Fsp3) is 0.0667. The molecule has 4 nitrogen and oxygen atoms in total. The van der Waals surface area contributed by atoms with Gasteiger partial charge in [-0.25, -0.2) is 0 Å². The molecule has 0 saturated heterocycles. The molecule has 0 atom stereocenters. The monoisotopic (exact) mass is 363 g/mol. The molecule has 0 radical (unpaired) electrons. The van der Waals surface area contributed by atoms with Gasteiger partial charge in [-0.05, 0) is 46.3 Å². The molecule has 6 heteroatoms. The van der Waals surface area contributed by atoms with Crippen molar-refractivity contribution in [1.29, 1.82) is 5.41 Å². The summed E-state index contributed by atoms with van der Waals surface area (Å²) in [5, 5.41) is 10.2. The summed E-state index contributed by atoms with van der Waals surface area (Å²) in [7, 11) is 1.61. The van der Waals surface area contributed by atoms with E-state index in [9.17, 15) is 4.79 Å². The van der Waals surface area contributed by atoms with Crippen LogP contribution in [0.1, 0.15) is 15.9 Å². The number of carbonyl (C=O) groups is 1. The molecule has 1 amide bonds. The Hall–Kier alpha value is -1.79. The molecule has 0 aromatic heterocycles. The Morgan fingerprint density at radius 2 is 1.95 bits per heavy atom. The van der Waals surface area contributed by atoms with Gasteiger partial charge in [0.2, 0.25) is 0 Å². The molecule has 0 heterocycles. The van der Waals surface area contributed by atoms with Crippen molar-refractivity contribution in [2.45, 2.75) is 9.79 Å². The van der Waals surface area contributed by atoms with Gasteiger partial charge in [0, 0.05) is 28.1 Å². The van der Waals surface area contributed by atoms with Crippen molar-refractivity contribution in [3.05, 3.63) is 53.6 Å². The molecule has 0 saturated carbocycles. The van der Waals surface area contributed by atoms with E-state index in [1.807, 2.05) is 24.3 Å². The molecule has 0 aliphatic carbocycles. The van der Waals surface area contributed by atoms with E-state index in [2.05, 4.69) is 21.2 Å². The zero-order valence-corrected chi connectivity index (χ0v) is 13.7. The average Bonchev–Trinajstić information content (AvgIpc) is 2.46. The summed E-state index contributed by atoms with van der Waals surface area (Å²) in [4.78, 5) is 13.6. The predicted molar refractivity (Wildman–Crippen MR) is 90.6 cm³/mol. The van der Waals surface area contributed by atoms with Crippen LogP contribution in [0.25, 0.3) is 0 Å². The van der Waals surface area contributed by atoms with Crippen molar-refractivity contribution < 1.29 is 4.79 Å². The first-order chi connectivity index (χ1) is 10.0. The Labute approximate surface area is 135 Å². The van der Waals surface area contributed by atoms with Gasteiger partial charge in [0.25, 0.3) is 5.91 Å². The predicted octanol–water partition coefficient (Wildman–Crippen LogP) is 3.50. The highest BCUT2D eigenvalue weighted by Gasteiger charge is 2.11. The molecule has 0 bridgehead atoms. The number of anilines is 1. The van der Waals surface area contributed by atoms with Crippen molar-refractivity contribution in [3.8, 4) is 0 Å². The summed E-state index contributed by atoms with van der Waals surface area (Å²) in [6.45, 7) is 0. The van der Waals surface area contributed by atoms with E-state index < -0.39 is 0 Å². The number of hydrogen-bond donors (Lipinski definition) is 3. The number of benzene rings is 2. The van der Waals surface area contributed by atoms with Gasteiger partial charge in [-0.15, -0.1) is 0 Å². The van der Waals surface area contributed by atoms with Crippen LogP contribution in [0, 0.1) is 5.41 Å². The molecule has 4 N–H and O–H groups in total. The number of amides is 1. The lowest BCUT2D eigenvalue weighted by Crippen LogP contribution is -2.18. The maximum Gasteiger partial charge on any atom is 0.252 e. The Balaban J connectivity index is 2.33. The molecule has 0 spiro atoms. The second kappa shape index (κ2) is 6.78. The fourth-order valence-electron chi connectivity index (χ4n) is 1.81. The van der Waals surface area contributed by atoms with E-state index in [4.69, 9.17) is 11.1 Å². The minimum atomic E-state index is -0.120. The van der Waals surface area contributed by atoms with Gasteiger partial charge in [0.05, 0.1) is 5.56 Å². The summed E-state index contributed by atoms with van der Waals surface area (Å²) in [5.41, 5.74) is 7.74. The maximum atomic E-state index is 11.9. The lowest BCUT2D eigenvalue weighted by atomic mass is 10.2. The van der Waals surface area contributed by atoms with Gasteiger partial charge >= 0.3 is 0 Å². The van der Waals surface area contributed by atoms with Crippen molar-refractivity contribution in [2.75, 3.05) is 12.8 Å². The topological polar surface area (TPSA) is 79.0 Å². The highest BCUT2D eigenvalue weighted by molar-refractivity contribution is 9.18. The summed E-state index contributed by atoms with van der Waals surface area (Å²) >= 11 is 4.57. The van der Waals surface area contributed by atoms with Gasteiger partial charge in [0.15, 0.2) is 0 Å². The number of rotatable bonds is 4. The fourth-order valence-corrected chi connectivity index (χ4v) is 3.16. The van der Waals surface area contributed by atoms with Gasteiger partial charge < -0.3 is 11.1 Å². The summed E-state index contributed by atoms with van der Waals surface area (Å²) in [5.74, 6) is -0.120. The minimum Gasteiger partial charge on any atom is -0.398 e. The third-order valence-electron chi connectivity index (χ3n) is 2.85. The normalized spacial score (nSPS) is 10.2. The van der Waals surface area contributed by atoms with Gasteiger partial charge in [-0.2, -0.15) is 0 Å². The Morgan fingerprint density at radius 3 is 2.57 bits per heavy atom. The lowest BCUT2D eigenvalue weighted by Gasteiger charge is -2.09. The van der Waals surface area contributed by atoms with E-state index in [-0.39, 0.29) is 10.5 Å². The summed E-state index contributed by atoms with van der Waals surface area (Å²) < 4.78 is 0.252. The van der Waals surface area contributed by atoms with Crippen LogP contribution in [-0.4, -0.2) is 17.6 Å². The second-order valence-electron chi connectivity index (χ2n) is 4.24. The molecule has 0 unspecified atom stereocenters. The third kappa shape index (κ3) is 3.65. The third-order valence-corrected chi connectivity index (χ3v) is 4.34. The number of nitrogens with two attached hydrogens (primary N) is 1. The Kier molecular flexibility index (Phi) is 5.03. The average molecular weight is 364 g/mol. The molecule has 0 aliphatic heterocycles. The number of halogens is 1. The first kappa shape index (κ1) is 15.6. The summed E-state index contributed by atoms with van der Waals surface area (Å²) in [6, 6.07) is 12.9. The summed E-state index contributed by atoms with van der Waals surface area (Å²) in [6.07, 6.45) is 0. The Morgan fingerprint density at radius 1 is 1.24 bits per heavy atom. The zero-order chi connectivity index (χ0) is 15.4. The molecule has 21 heavy (non-hydrogen) atoms. The number of carbonyl (C=O) groups excluding carboxylic acids is 1. The van der Waals surface area contributed by atoms with Crippen LogP contribution in [0.2, 0.25) is 0 Å². The first-order valence-electron chi connectivity index (χ1n) is 6.16. The van der Waals surface area contributed by atoms with Gasteiger partial charge in [-0.3, -0.25) is 10.2 Å². The molecule has 0 fully saturated rings. The minimum absolute atomic E-state index is 0.120. The van der Waals surface area contributed by atoms with Crippen LogP contribution in [0.5, 0.6) is 0 Å². The van der Waals surface area contributed by atoms with Crippen molar-refractivity contribution in [1.82, 2.24) is 5.32 Å². The van der Waals surface area contributed by atoms with E-state index in [1.54, 1.807) is 25.2 Å². The second-order valence-corrected chi connectivity index (χ2v) is 6.15. The van der Waals surface area contributed by atoms with Gasteiger partial charge in [0.1, 0.15) is 4.62 Å². The first-order valence-corrected chi connectivity index (χ1v) is 7.76. The van der Waals surface area contributed by atoms with E-state index >= 15 is 0 Å². The Bertz CT molecular complexity index is 703. The van der Waals surface area contributed by atoms with E-state index in [1.165, 1.54) is 11.8 Å². The quantitative estimate of drug-likeness (QED) is 0.574. The molecule has 2 aromatic carbocycles. The number of hydrogen-bond acceptors (Lipinski definition) is 4. The standard InChI is InChI=1S/C15H14BrN3OS/c1-19-15(20)11-4-2-3-5-13(11)21-9-6-7-10(14(16)18)12(17)8-9/h2-8,18H,17H2,1H3,(H,19,20).